The minimum atomic E-state index is -0.316. The van der Waals surface area contributed by atoms with E-state index in [4.69, 9.17) is 4.74 Å². The molecule has 4 rings (SSSR count). The lowest BCUT2D eigenvalue weighted by Crippen LogP contribution is -2.36. The van der Waals surface area contributed by atoms with Gasteiger partial charge in [-0.1, -0.05) is 31.4 Å². The Morgan fingerprint density at radius 1 is 1.14 bits per heavy atom. The van der Waals surface area contributed by atoms with Gasteiger partial charge in [0.15, 0.2) is 0 Å². The molecule has 3 aromatic rings. The summed E-state index contributed by atoms with van der Waals surface area (Å²) in [7, 11) is 1.60. The van der Waals surface area contributed by atoms with Gasteiger partial charge in [-0.3, -0.25) is 4.79 Å². The lowest BCUT2D eigenvalue weighted by atomic mass is 9.95. The molecule has 0 spiro atoms. The molecule has 0 saturated heterocycles. The largest absolute Gasteiger partial charge is 0.497 e. The monoisotopic (exact) mass is 393 g/mol. The van der Waals surface area contributed by atoms with Gasteiger partial charge in [-0.25, -0.2) is 9.07 Å². The SMILES string of the molecule is COc1cccc(-c2nn(-c3ccc(F)cc3)cc2C(=O)NC2CCCCC2)c1. The molecule has 1 aliphatic rings. The van der Waals surface area contributed by atoms with Crippen molar-refractivity contribution >= 4 is 5.91 Å². The second-order valence-corrected chi connectivity index (χ2v) is 7.35. The number of amides is 1. The maximum absolute atomic E-state index is 13.3. The Morgan fingerprint density at radius 2 is 1.90 bits per heavy atom. The second-order valence-electron chi connectivity index (χ2n) is 7.35. The highest BCUT2D eigenvalue weighted by atomic mass is 19.1. The first-order valence-electron chi connectivity index (χ1n) is 9.95. The minimum Gasteiger partial charge on any atom is -0.497 e. The number of nitrogens with zero attached hydrogens (tertiary/aromatic N) is 2. The van der Waals surface area contributed by atoms with Crippen LogP contribution in [0.3, 0.4) is 0 Å². The van der Waals surface area contributed by atoms with E-state index in [1.165, 1.54) is 18.6 Å². The Balaban J connectivity index is 1.72. The van der Waals surface area contributed by atoms with Crippen molar-refractivity contribution in [1.29, 1.82) is 0 Å². The number of nitrogens with one attached hydrogen (secondary N) is 1. The van der Waals surface area contributed by atoms with Gasteiger partial charge in [-0.2, -0.15) is 5.10 Å². The van der Waals surface area contributed by atoms with Crippen molar-refractivity contribution < 1.29 is 13.9 Å². The van der Waals surface area contributed by atoms with Crippen molar-refractivity contribution in [3.8, 4) is 22.7 Å². The molecule has 0 radical (unpaired) electrons. The van der Waals surface area contributed by atoms with Gasteiger partial charge in [0.1, 0.15) is 17.3 Å². The summed E-state index contributed by atoms with van der Waals surface area (Å²) in [5, 5.41) is 7.81. The van der Waals surface area contributed by atoms with Gasteiger partial charge in [0.2, 0.25) is 0 Å². The Bertz CT molecular complexity index is 992. The summed E-state index contributed by atoms with van der Waals surface area (Å²) < 4.78 is 20.3. The average Bonchev–Trinajstić information content (AvgIpc) is 3.21. The summed E-state index contributed by atoms with van der Waals surface area (Å²) in [5.74, 6) is 0.241. The lowest BCUT2D eigenvalue weighted by molar-refractivity contribution is 0.0928. The molecule has 0 bridgehead atoms. The molecule has 29 heavy (non-hydrogen) atoms. The van der Waals surface area contributed by atoms with Crippen LogP contribution in [0.15, 0.2) is 54.7 Å². The number of carbonyl (C=O) groups is 1. The lowest BCUT2D eigenvalue weighted by Gasteiger charge is -2.22. The van der Waals surface area contributed by atoms with E-state index in [0.717, 1.165) is 31.2 Å². The molecule has 2 aromatic carbocycles. The topological polar surface area (TPSA) is 56.2 Å². The molecule has 6 heteroatoms. The maximum atomic E-state index is 13.3. The normalized spacial score (nSPS) is 14.6. The first-order valence-corrected chi connectivity index (χ1v) is 9.95. The van der Waals surface area contributed by atoms with E-state index in [9.17, 15) is 9.18 Å². The molecule has 1 N–H and O–H groups in total. The third-order valence-electron chi connectivity index (χ3n) is 5.33. The van der Waals surface area contributed by atoms with Crippen LogP contribution in [0.25, 0.3) is 16.9 Å². The Kier molecular flexibility index (Phi) is 5.60. The van der Waals surface area contributed by atoms with Crippen LogP contribution in [0.2, 0.25) is 0 Å². The third kappa shape index (κ3) is 4.31. The fourth-order valence-corrected chi connectivity index (χ4v) is 3.76. The highest BCUT2D eigenvalue weighted by Gasteiger charge is 2.22. The highest BCUT2D eigenvalue weighted by molar-refractivity contribution is 6.00. The maximum Gasteiger partial charge on any atom is 0.255 e. The zero-order chi connectivity index (χ0) is 20.2. The molecule has 0 atom stereocenters. The van der Waals surface area contributed by atoms with Crippen LogP contribution >= 0.6 is 0 Å². The van der Waals surface area contributed by atoms with Crippen LogP contribution in [0.4, 0.5) is 4.39 Å². The third-order valence-corrected chi connectivity index (χ3v) is 5.33. The first-order chi connectivity index (χ1) is 14.1. The minimum absolute atomic E-state index is 0.136. The van der Waals surface area contributed by atoms with E-state index >= 15 is 0 Å². The second kappa shape index (κ2) is 8.47. The van der Waals surface area contributed by atoms with Gasteiger partial charge in [0.05, 0.1) is 18.4 Å². The molecule has 1 amide bonds. The Labute approximate surface area is 169 Å². The quantitative estimate of drug-likeness (QED) is 0.681. The van der Waals surface area contributed by atoms with Crippen LogP contribution in [0.1, 0.15) is 42.5 Å². The molecule has 150 valence electrons. The van der Waals surface area contributed by atoms with Gasteiger partial charge in [-0.15, -0.1) is 0 Å². The molecular formula is C23H24FN3O2. The van der Waals surface area contributed by atoms with Gasteiger partial charge in [0.25, 0.3) is 5.91 Å². The van der Waals surface area contributed by atoms with E-state index in [1.54, 1.807) is 30.1 Å². The summed E-state index contributed by atoms with van der Waals surface area (Å²) in [4.78, 5) is 13.1. The average molecular weight is 393 g/mol. The molecule has 0 aliphatic heterocycles. The van der Waals surface area contributed by atoms with Gasteiger partial charge in [0, 0.05) is 17.8 Å². The molecule has 1 heterocycles. The van der Waals surface area contributed by atoms with Crippen LogP contribution in [0.5, 0.6) is 5.75 Å². The number of hydrogen-bond acceptors (Lipinski definition) is 3. The zero-order valence-electron chi connectivity index (χ0n) is 16.4. The Hall–Kier alpha value is -3.15. The summed E-state index contributed by atoms with van der Waals surface area (Å²) in [5.41, 5.74) is 2.54. The van der Waals surface area contributed by atoms with Crippen LogP contribution in [-0.2, 0) is 0 Å². The van der Waals surface area contributed by atoms with Crippen LogP contribution in [0, 0.1) is 5.82 Å². The number of benzene rings is 2. The van der Waals surface area contributed by atoms with Gasteiger partial charge >= 0.3 is 0 Å². The fourth-order valence-electron chi connectivity index (χ4n) is 3.76. The number of carbonyl (C=O) groups excluding carboxylic acids is 1. The van der Waals surface area contributed by atoms with E-state index < -0.39 is 0 Å². The molecule has 1 fully saturated rings. The highest BCUT2D eigenvalue weighted by Crippen LogP contribution is 2.27. The molecule has 1 aromatic heterocycles. The standard InChI is InChI=1S/C23H24FN3O2/c1-29-20-9-5-6-16(14-20)22-21(23(28)25-18-7-3-2-4-8-18)15-27(26-22)19-12-10-17(24)11-13-19/h5-6,9-15,18H,2-4,7-8H2,1H3,(H,25,28). The molecule has 5 nitrogen and oxygen atoms in total. The predicted octanol–water partition coefficient (Wildman–Crippen LogP) is 4.75. The van der Waals surface area contributed by atoms with Gasteiger partial charge in [-0.05, 0) is 49.2 Å². The number of rotatable bonds is 5. The molecular weight excluding hydrogens is 369 g/mol. The predicted molar refractivity (Wildman–Crippen MR) is 110 cm³/mol. The zero-order valence-corrected chi connectivity index (χ0v) is 16.4. The number of aromatic nitrogens is 2. The summed E-state index contributed by atoms with van der Waals surface area (Å²) in [6, 6.07) is 13.7. The van der Waals surface area contributed by atoms with Crippen molar-refractivity contribution in [2.24, 2.45) is 0 Å². The van der Waals surface area contributed by atoms with E-state index in [2.05, 4.69) is 10.4 Å². The number of ether oxygens (including phenoxy) is 1. The molecule has 0 unspecified atom stereocenters. The summed E-state index contributed by atoms with van der Waals surface area (Å²) in [6.07, 6.45) is 7.23. The van der Waals surface area contributed by atoms with Crippen LogP contribution in [-0.4, -0.2) is 28.8 Å². The number of halogens is 1. The van der Waals surface area contributed by atoms with Crippen molar-refractivity contribution in [2.75, 3.05) is 7.11 Å². The van der Waals surface area contributed by atoms with E-state index in [1.807, 2.05) is 24.3 Å². The number of hydrogen-bond donors (Lipinski definition) is 1. The fraction of sp³-hybridized carbons (Fsp3) is 0.304. The Morgan fingerprint density at radius 3 is 2.62 bits per heavy atom. The smallest absolute Gasteiger partial charge is 0.255 e. The first kappa shape index (κ1) is 19.2. The van der Waals surface area contributed by atoms with Gasteiger partial charge < -0.3 is 10.1 Å². The van der Waals surface area contributed by atoms with E-state index in [-0.39, 0.29) is 17.8 Å². The molecule has 1 aliphatic carbocycles. The van der Waals surface area contributed by atoms with Crippen molar-refractivity contribution in [3.05, 3.63) is 66.1 Å². The summed E-state index contributed by atoms with van der Waals surface area (Å²) in [6.45, 7) is 0. The van der Waals surface area contributed by atoms with Crippen LogP contribution < -0.4 is 10.1 Å². The van der Waals surface area contributed by atoms with E-state index in [0.29, 0.717) is 22.7 Å². The summed E-state index contributed by atoms with van der Waals surface area (Å²) >= 11 is 0. The number of methoxy groups -OCH3 is 1. The molecule has 1 saturated carbocycles. The van der Waals surface area contributed by atoms with Crippen molar-refractivity contribution in [1.82, 2.24) is 15.1 Å². The van der Waals surface area contributed by atoms with Crippen molar-refractivity contribution in [3.63, 3.8) is 0 Å². The van der Waals surface area contributed by atoms with Crippen molar-refractivity contribution in [2.45, 2.75) is 38.1 Å².